The van der Waals surface area contributed by atoms with Crippen LogP contribution in [0.25, 0.3) is 0 Å². The fourth-order valence-electron chi connectivity index (χ4n) is 0.810. The van der Waals surface area contributed by atoms with E-state index in [0.717, 1.165) is 0 Å². The molecular formula is C6H11NO3. The zero-order chi connectivity index (χ0) is 8.15. The molecule has 0 aliphatic heterocycles. The average Bonchev–Trinajstić information content (AvgIpc) is 1.58. The highest BCUT2D eigenvalue weighted by atomic mass is 16.6. The van der Waals surface area contributed by atoms with E-state index in [1.54, 1.807) is 6.92 Å². The normalized spacial score (nSPS) is 12.6. The van der Waals surface area contributed by atoms with E-state index in [2.05, 4.69) is 0 Å². The van der Waals surface area contributed by atoms with Gasteiger partial charge in [0.1, 0.15) is 5.78 Å². The highest BCUT2D eigenvalue weighted by molar-refractivity contribution is 5.75. The molecule has 0 aromatic heterocycles. The van der Waals surface area contributed by atoms with E-state index >= 15 is 0 Å². The number of hydrogen-bond donors (Lipinski definition) is 0. The van der Waals surface area contributed by atoms with Crippen molar-refractivity contribution in [2.24, 2.45) is 5.92 Å². The first-order valence-corrected chi connectivity index (χ1v) is 3.13. The molecule has 0 aromatic rings. The number of rotatable bonds is 4. The molecule has 0 heterocycles. The smallest absolute Gasteiger partial charge is 0.206 e. The van der Waals surface area contributed by atoms with Crippen LogP contribution in [0, 0.1) is 16.0 Å². The second kappa shape index (κ2) is 3.98. The molecule has 0 amide bonds. The zero-order valence-electron chi connectivity index (χ0n) is 6.16. The molecule has 1 atom stereocenters. The van der Waals surface area contributed by atoms with Gasteiger partial charge in [-0.1, -0.05) is 6.92 Å². The number of nitro groups is 1. The van der Waals surface area contributed by atoms with Gasteiger partial charge in [-0.3, -0.25) is 10.1 Å². The summed E-state index contributed by atoms with van der Waals surface area (Å²) in [6, 6.07) is 0. The predicted octanol–water partition coefficient (Wildman–Crippen LogP) is 0.878. The van der Waals surface area contributed by atoms with Gasteiger partial charge in [0.25, 0.3) is 0 Å². The maximum atomic E-state index is 10.4. The van der Waals surface area contributed by atoms with Crippen LogP contribution in [0.4, 0.5) is 0 Å². The van der Waals surface area contributed by atoms with E-state index in [9.17, 15) is 14.9 Å². The van der Waals surface area contributed by atoms with E-state index in [1.165, 1.54) is 6.92 Å². The second-order valence-electron chi connectivity index (χ2n) is 2.53. The van der Waals surface area contributed by atoms with Gasteiger partial charge < -0.3 is 4.79 Å². The van der Waals surface area contributed by atoms with Gasteiger partial charge in [0.2, 0.25) is 6.54 Å². The molecule has 0 bridgehead atoms. The van der Waals surface area contributed by atoms with Crippen LogP contribution in [0.3, 0.4) is 0 Å². The predicted molar refractivity (Wildman–Crippen MR) is 36.3 cm³/mol. The van der Waals surface area contributed by atoms with Crippen molar-refractivity contribution in [3.05, 3.63) is 10.1 Å². The molecule has 0 fully saturated rings. The average molecular weight is 145 g/mol. The Morgan fingerprint density at radius 3 is 2.50 bits per heavy atom. The molecule has 0 rings (SSSR count). The lowest BCUT2D eigenvalue weighted by molar-refractivity contribution is -0.487. The molecule has 4 nitrogen and oxygen atoms in total. The molecule has 10 heavy (non-hydrogen) atoms. The van der Waals surface area contributed by atoms with Gasteiger partial charge in [0.15, 0.2) is 0 Å². The maximum Gasteiger partial charge on any atom is 0.206 e. The van der Waals surface area contributed by atoms with Crippen LogP contribution in [0.1, 0.15) is 20.3 Å². The lowest BCUT2D eigenvalue weighted by Crippen LogP contribution is -2.13. The molecule has 0 N–H and O–H groups in total. The molecule has 0 aliphatic carbocycles. The summed E-state index contributed by atoms with van der Waals surface area (Å²) >= 11 is 0. The first-order chi connectivity index (χ1) is 4.52. The lowest BCUT2D eigenvalue weighted by atomic mass is 10.1. The largest absolute Gasteiger partial charge is 0.300 e. The fourth-order valence-corrected chi connectivity index (χ4v) is 0.810. The Morgan fingerprint density at radius 2 is 2.20 bits per heavy atom. The van der Waals surface area contributed by atoms with E-state index in [-0.39, 0.29) is 18.2 Å². The van der Waals surface area contributed by atoms with Crippen LogP contribution in [-0.4, -0.2) is 17.3 Å². The molecule has 0 spiro atoms. The molecule has 0 saturated carbocycles. The fraction of sp³-hybridized carbons (Fsp3) is 0.833. The monoisotopic (exact) mass is 145 g/mol. The number of carbonyl (C=O) groups is 1. The summed E-state index contributed by atoms with van der Waals surface area (Å²) in [5.74, 6) is -0.123. The first-order valence-electron chi connectivity index (χ1n) is 3.13. The van der Waals surface area contributed by atoms with Crippen molar-refractivity contribution >= 4 is 5.78 Å². The van der Waals surface area contributed by atoms with E-state index < -0.39 is 4.92 Å². The van der Waals surface area contributed by atoms with Crippen LogP contribution >= 0.6 is 0 Å². The van der Waals surface area contributed by atoms with Gasteiger partial charge in [-0.15, -0.1) is 0 Å². The molecule has 58 valence electrons. The number of ketones is 1. The zero-order valence-corrected chi connectivity index (χ0v) is 6.16. The number of Topliss-reactive ketones (excluding diaryl/α,β-unsaturated/α-hetero) is 1. The van der Waals surface area contributed by atoms with Crippen LogP contribution in [-0.2, 0) is 4.79 Å². The minimum Gasteiger partial charge on any atom is -0.300 e. The SMILES string of the molecule is CC(=O)C[C@@H](C)C[N+](=O)[O-]. The third kappa shape index (κ3) is 5.21. The van der Waals surface area contributed by atoms with Gasteiger partial charge in [0.05, 0.1) is 0 Å². The molecule has 0 radical (unpaired) electrons. The van der Waals surface area contributed by atoms with Crippen LogP contribution in [0.5, 0.6) is 0 Å². The summed E-state index contributed by atoms with van der Waals surface area (Å²) in [5, 5.41) is 9.89. The topological polar surface area (TPSA) is 60.2 Å². The summed E-state index contributed by atoms with van der Waals surface area (Å²) in [4.78, 5) is 19.9. The summed E-state index contributed by atoms with van der Waals surface area (Å²) in [6.45, 7) is 3.03. The van der Waals surface area contributed by atoms with Crippen molar-refractivity contribution in [2.75, 3.05) is 6.54 Å². The van der Waals surface area contributed by atoms with Crippen molar-refractivity contribution in [2.45, 2.75) is 20.3 Å². The number of carbonyl (C=O) groups excluding carboxylic acids is 1. The Balaban J connectivity index is 3.53. The molecule has 0 aromatic carbocycles. The van der Waals surface area contributed by atoms with Crippen molar-refractivity contribution < 1.29 is 9.72 Å². The summed E-state index contributed by atoms with van der Waals surface area (Å²) in [7, 11) is 0. The van der Waals surface area contributed by atoms with Gasteiger partial charge in [-0.2, -0.15) is 0 Å². The quantitative estimate of drug-likeness (QED) is 0.435. The van der Waals surface area contributed by atoms with E-state index in [0.29, 0.717) is 6.42 Å². The second-order valence-corrected chi connectivity index (χ2v) is 2.53. The summed E-state index contributed by atoms with van der Waals surface area (Å²) in [6.07, 6.45) is 0.307. The van der Waals surface area contributed by atoms with Crippen molar-refractivity contribution in [1.29, 1.82) is 0 Å². The minimum absolute atomic E-state index is 0.00866. The Kier molecular flexibility index (Phi) is 3.61. The molecule has 0 aliphatic rings. The first kappa shape index (κ1) is 9.07. The van der Waals surface area contributed by atoms with Gasteiger partial charge in [-0.25, -0.2) is 0 Å². The van der Waals surface area contributed by atoms with Gasteiger partial charge in [-0.05, 0) is 6.92 Å². The lowest BCUT2D eigenvalue weighted by Gasteiger charge is -2.01. The molecule has 0 saturated heterocycles. The highest BCUT2D eigenvalue weighted by Gasteiger charge is 2.10. The molecule has 0 unspecified atom stereocenters. The number of nitrogens with zero attached hydrogens (tertiary/aromatic N) is 1. The van der Waals surface area contributed by atoms with Crippen molar-refractivity contribution in [3.63, 3.8) is 0 Å². The number of hydrogen-bond acceptors (Lipinski definition) is 3. The van der Waals surface area contributed by atoms with E-state index in [1.807, 2.05) is 0 Å². The van der Waals surface area contributed by atoms with Crippen LogP contribution in [0.15, 0.2) is 0 Å². The third-order valence-electron chi connectivity index (χ3n) is 1.10. The molecular weight excluding hydrogens is 134 g/mol. The summed E-state index contributed by atoms with van der Waals surface area (Å²) < 4.78 is 0. The standard InChI is InChI=1S/C6H11NO3/c1-5(3-6(2)8)4-7(9)10/h5H,3-4H2,1-2H3/t5-/m1/s1. The van der Waals surface area contributed by atoms with Crippen molar-refractivity contribution in [3.8, 4) is 0 Å². The Bertz CT molecular complexity index is 128. The van der Waals surface area contributed by atoms with Crippen LogP contribution in [0.2, 0.25) is 0 Å². The Labute approximate surface area is 59.4 Å². The minimum atomic E-state index is -0.395. The van der Waals surface area contributed by atoms with Gasteiger partial charge >= 0.3 is 0 Å². The maximum absolute atomic E-state index is 10.4. The van der Waals surface area contributed by atoms with Crippen LogP contribution < -0.4 is 0 Å². The van der Waals surface area contributed by atoms with E-state index in [4.69, 9.17) is 0 Å². The highest BCUT2D eigenvalue weighted by Crippen LogP contribution is 2.01. The summed E-state index contributed by atoms with van der Waals surface area (Å²) in [5.41, 5.74) is 0. The van der Waals surface area contributed by atoms with Crippen molar-refractivity contribution in [1.82, 2.24) is 0 Å². The third-order valence-corrected chi connectivity index (χ3v) is 1.10. The Morgan fingerprint density at radius 1 is 1.70 bits per heavy atom. The Hall–Kier alpha value is -0.930. The van der Waals surface area contributed by atoms with Gasteiger partial charge in [0, 0.05) is 17.3 Å². The molecule has 4 heteroatoms.